The van der Waals surface area contributed by atoms with E-state index in [2.05, 4.69) is 25.4 Å². The third-order valence-corrected chi connectivity index (χ3v) is 6.98. The SMILES string of the molecule is COc1ccc(NC(=O)N2CCN(C(=O)[C@@H]3CCCN3c3nc(N)n4nc(-c5ccco5)nc4n3)CC2)cc1. The van der Waals surface area contributed by atoms with Gasteiger partial charge in [0, 0.05) is 38.4 Å². The maximum absolute atomic E-state index is 13.5. The van der Waals surface area contributed by atoms with Crippen LogP contribution in [0, 0.1) is 0 Å². The van der Waals surface area contributed by atoms with E-state index in [1.165, 1.54) is 10.8 Å². The van der Waals surface area contributed by atoms with Gasteiger partial charge in [-0.2, -0.15) is 19.5 Å². The second-order valence-electron chi connectivity index (χ2n) is 9.33. The number of methoxy groups -OCH3 is 1. The van der Waals surface area contributed by atoms with E-state index in [9.17, 15) is 9.59 Å². The second kappa shape index (κ2) is 10.1. The fourth-order valence-corrected chi connectivity index (χ4v) is 4.91. The molecule has 0 aliphatic carbocycles. The molecule has 39 heavy (non-hydrogen) atoms. The average molecular weight is 533 g/mol. The van der Waals surface area contributed by atoms with Crippen molar-refractivity contribution in [3.8, 4) is 17.3 Å². The molecule has 0 radical (unpaired) electrons. The lowest BCUT2D eigenvalue weighted by atomic mass is 10.1. The van der Waals surface area contributed by atoms with Crippen LogP contribution in [-0.4, -0.2) is 92.2 Å². The van der Waals surface area contributed by atoms with Crippen LogP contribution < -0.4 is 20.7 Å². The number of nitrogens with two attached hydrogens (primary N) is 1. The van der Waals surface area contributed by atoms with Crippen molar-refractivity contribution in [2.75, 3.05) is 55.8 Å². The minimum Gasteiger partial charge on any atom is -0.497 e. The molecule has 2 aliphatic rings. The first-order valence-corrected chi connectivity index (χ1v) is 12.7. The van der Waals surface area contributed by atoms with Crippen LogP contribution in [0.3, 0.4) is 0 Å². The Kier molecular flexibility index (Phi) is 6.34. The highest BCUT2D eigenvalue weighted by atomic mass is 16.5. The number of carbonyl (C=O) groups excluding carboxylic acids is 2. The predicted molar refractivity (Wildman–Crippen MR) is 141 cm³/mol. The van der Waals surface area contributed by atoms with Crippen LogP contribution in [-0.2, 0) is 4.79 Å². The number of aromatic nitrogens is 5. The van der Waals surface area contributed by atoms with Crippen molar-refractivity contribution in [2.45, 2.75) is 18.9 Å². The van der Waals surface area contributed by atoms with Gasteiger partial charge in [0.25, 0.3) is 5.78 Å². The lowest BCUT2D eigenvalue weighted by Gasteiger charge is -2.37. The zero-order valence-corrected chi connectivity index (χ0v) is 21.4. The minimum atomic E-state index is -0.418. The van der Waals surface area contributed by atoms with Crippen LogP contribution >= 0.6 is 0 Å². The Balaban J connectivity index is 1.11. The molecule has 3 aromatic heterocycles. The smallest absolute Gasteiger partial charge is 0.321 e. The molecule has 5 heterocycles. The van der Waals surface area contributed by atoms with E-state index in [1.54, 1.807) is 53.3 Å². The van der Waals surface area contributed by atoms with Gasteiger partial charge in [0.15, 0.2) is 5.76 Å². The van der Waals surface area contributed by atoms with Crippen LogP contribution in [0.4, 0.5) is 22.4 Å². The van der Waals surface area contributed by atoms with Crippen molar-refractivity contribution in [2.24, 2.45) is 0 Å². The van der Waals surface area contributed by atoms with Gasteiger partial charge in [0.1, 0.15) is 11.8 Å². The Morgan fingerprint density at radius 3 is 2.51 bits per heavy atom. The quantitative estimate of drug-likeness (QED) is 0.387. The lowest BCUT2D eigenvalue weighted by Crippen LogP contribution is -2.55. The highest BCUT2D eigenvalue weighted by Gasteiger charge is 2.37. The van der Waals surface area contributed by atoms with Gasteiger partial charge in [-0.1, -0.05) is 0 Å². The Morgan fingerprint density at radius 1 is 1.03 bits per heavy atom. The molecule has 3 amide bonds. The van der Waals surface area contributed by atoms with E-state index >= 15 is 0 Å². The summed E-state index contributed by atoms with van der Waals surface area (Å²) in [5.41, 5.74) is 6.86. The average Bonchev–Trinajstić information content (AvgIpc) is 3.74. The molecule has 2 aliphatic heterocycles. The first kappa shape index (κ1) is 24.5. The van der Waals surface area contributed by atoms with Crippen molar-refractivity contribution < 1.29 is 18.7 Å². The van der Waals surface area contributed by atoms with E-state index in [1.807, 2.05) is 4.90 Å². The Bertz CT molecular complexity index is 1480. The molecule has 0 unspecified atom stereocenters. The van der Waals surface area contributed by atoms with Crippen molar-refractivity contribution >= 4 is 35.3 Å². The number of hydrogen-bond acceptors (Lipinski definition) is 10. The molecule has 2 fully saturated rings. The monoisotopic (exact) mass is 532 g/mol. The number of nitrogens with zero attached hydrogens (tertiary/aromatic N) is 8. The molecule has 14 nitrogen and oxygen atoms in total. The van der Waals surface area contributed by atoms with Gasteiger partial charge in [-0.25, -0.2) is 4.79 Å². The number of anilines is 3. The van der Waals surface area contributed by atoms with Gasteiger partial charge in [-0.15, -0.1) is 5.10 Å². The number of carbonyl (C=O) groups is 2. The van der Waals surface area contributed by atoms with E-state index in [0.717, 1.165) is 6.42 Å². The first-order valence-electron chi connectivity index (χ1n) is 12.7. The molecule has 202 valence electrons. The van der Waals surface area contributed by atoms with Crippen LogP contribution in [0.25, 0.3) is 17.4 Å². The standard InChI is InChI=1S/C25H28N10O4/c1-38-17-8-6-16(7-9-17)27-25(37)33-13-11-32(12-14-33)21(36)18-4-2-10-34(18)23-29-22(26)35-24(30-23)28-20(31-35)19-5-3-15-39-19/h3,5-9,15,18H,2,4,10-14H2,1H3,(H,27,37)(H2,26,28,29,30,31)/t18-/m0/s1. The fraction of sp³-hybridized carbons (Fsp3) is 0.360. The number of benzene rings is 1. The summed E-state index contributed by atoms with van der Waals surface area (Å²) in [7, 11) is 1.59. The van der Waals surface area contributed by atoms with Gasteiger partial charge >= 0.3 is 6.03 Å². The molecular formula is C25H28N10O4. The van der Waals surface area contributed by atoms with Crippen LogP contribution in [0.5, 0.6) is 5.75 Å². The number of ether oxygens (including phenoxy) is 1. The zero-order chi connectivity index (χ0) is 26.9. The number of nitrogen functional groups attached to an aromatic ring is 1. The molecule has 0 bridgehead atoms. The molecule has 0 saturated carbocycles. The zero-order valence-electron chi connectivity index (χ0n) is 21.4. The first-order chi connectivity index (χ1) is 19.0. The number of rotatable bonds is 5. The van der Waals surface area contributed by atoms with Gasteiger partial charge in [-0.3, -0.25) is 4.79 Å². The van der Waals surface area contributed by atoms with Gasteiger partial charge < -0.3 is 34.9 Å². The highest BCUT2D eigenvalue weighted by Crippen LogP contribution is 2.26. The summed E-state index contributed by atoms with van der Waals surface area (Å²) in [4.78, 5) is 45.1. The summed E-state index contributed by atoms with van der Waals surface area (Å²) in [5.74, 6) is 2.28. The largest absolute Gasteiger partial charge is 0.497 e. The molecule has 1 atom stereocenters. The van der Waals surface area contributed by atoms with Gasteiger partial charge in [0.2, 0.25) is 23.6 Å². The van der Waals surface area contributed by atoms with Crippen molar-refractivity contribution in [1.29, 1.82) is 0 Å². The third-order valence-electron chi connectivity index (χ3n) is 6.98. The Hall–Kier alpha value is -4.88. The number of nitrogens with one attached hydrogen (secondary N) is 1. The normalized spacial score (nSPS) is 17.6. The molecule has 3 N–H and O–H groups in total. The van der Waals surface area contributed by atoms with Crippen LogP contribution in [0.1, 0.15) is 12.8 Å². The van der Waals surface area contributed by atoms with Gasteiger partial charge in [-0.05, 0) is 49.2 Å². The van der Waals surface area contributed by atoms with Crippen LogP contribution in [0.15, 0.2) is 47.1 Å². The molecule has 6 rings (SSSR count). The summed E-state index contributed by atoms with van der Waals surface area (Å²) < 4.78 is 11.9. The summed E-state index contributed by atoms with van der Waals surface area (Å²) in [6.07, 6.45) is 3.03. The lowest BCUT2D eigenvalue weighted by molar-refractivity contribution is -0.133. The maximum Gasteiger partial charge on any atom is 0.321 e. The molecule has 0 spiro atoms. The molecule has 2 saturated heterocycles. The second-order valence-corrected chi connectivity index (χ2v) is 9.33. The van der Waals surface area contributed by atoms with E-state index in [4.69, 9.17) is 14.9 Å². The molecule has 1 aromatic carbocycles. The van der Waals surface area contributed by atoms with E-state index in [0.29, 0.717) is 68.1 Å². The van der Waals surface area contributed by atoms with E-state index in [-0.39, 0.29) is 23.7 Å². The topological polar surface area (TPSA) is 160 Å². The van der Waals surface area contributed by atoms with Gasteiger partial charge in [0.05, 0.1) is 13.4 Å². The number of hydrogen-bond donors (Lipinski definition) is 2. The Labute approximate surface area is 223 Å². The number of fused-ring (bicyclic) bond motifs is 1. The van der Waals surface area contributed by atoms with Crippen molar-refractivity contribution in [3.05, 3.63) is 42.7 Å². The Morgan fingerprint density at radius 2 is 1.79 bits per heavy atom. The number of urea groups is 1. The molecule has 14 heteroatoms. The summed E-state index contributed by atoms with van der Waals surface area (Å²) in [5, 5.41) is 7.22. The number of amides is 3. The molecular weight excluding hydrogens is 504 g/mol. The summed E-state index contributed by atoms with van der Waals surface area (Å²) in [6, 6.07) is 10.0. The summed E-state index contributed by atoms with van der Waals surface area (Å²) >= 11 is 0. The fourth-order valence-electron chi connectivity index (χ4n) is 4.91. The van der Waals surface area contributed by atoms with Crippen molar-refractivity contribution in [1.82, 2.24) is 34.4 Å². The number of piperazine rings is 1. The predicted octanol–water partition coefficient (Wildman–Crippen LogP) is 1.72. The molecule has 4 aromatic rings. The maximum atomic E-state index is 13.5. The highest BCUT2D eigenvalue weighted by molar-refractivity contribution is 5.90. The van der Waals surface area contributed by atoms with Crippen molar-refractivity contribution in [3.63, 3.8) is 0 Å². The summed E-state index contributed by atoms with van der Waals surface area (Å²) in [6.45, 7) is 2.38. The third kappa shape index (κ3) is 4.76. The van der Waals surface area contributed by atoms with E-state index < -0.39 is 6.04 Å². The van der Waals surface area contributed by atoms with Crippen LogP contribution in [0.2, 0.25) is 0 Å². The number of furan rings is 1. The minimum absolute atomic E-state index is 0.0116.